The minimum Gasteiger partial charge on any atom is -0.386 e. The maximum Gasteiger partial charge on any atom is 0.152 e. The maximum absolute atomic E-state index is 11.7. The lowest BCUT2D eigenvalue weighted by Gasteiger charge is -2.34. The molecule has 1 unspecified atom stereocenters. The van der Waals surface area contributed by atoms with E-state index < -0.39 is 9.84 Å². The molecule has 1 saturated carbocycles. The minimum atomic E-state index is -2.84. The fraction of sp³-hybridized carbons (Fsp3) is 0.545. The smallest absolute Gasteiger partial charge is 0.152 e. The molecule has 1 aromatic rings. The van der Waals surface area contributed by atoms with Gasteiger partial charge in [-0.1, -0.05) is 30.7 Å². The van der Waals surface area contributed by atoms with E-state index in [-0.39, 0.29) is 17.5 Å². The number of nitrogens with zero attached hydrogens (tertiary/aromatic N) is 1. The number of sulfone groups is 1. The molecule has 0 bridgehead atoms. The summed E-state index contributed by atoms with van der Waals surface area (Å²) in [6.45, 7) is 2.33. The van der Waals surface area contributed by atoms with E-state index in [9.17, 15) is 8.42 Å². The van der Waals surface area contributed by atoms with Gasteiger partial charge < -0.3 is 10.6 Å². The molecule has 1 atom stereocenters. The highest BCUT2D eigenvalue weighted by Crippen LogP contribution is 2.33. The van der Waals surface area contributed by atoms with Gasteiger partial charge in [0.25, 0.3) is 0 Å². The Hall–Kier alpha value is -1.79. The van der Waals surface area contributed by atoms with Gasteiger partial charge in [-0.15, -0.1) is 0 Å². The van der Waals surface area contributed by atoms with Crippen LogP contribution in [-0.4, -0.2) is 57.5 Å². The summed E-state index contributed by atoms with van der Waals surface area (Å²) in [5.41, 5.74) is 4.84. The summed E-state index contributed by atoms with van der Waals surface area (Å²) < 4.78 is 23.4. The number of allylic oxidation sites excluding steroid dienone is 2. The number of benzene rings is 1. The molecule has 4 rings (SSSR count). The van der Waals surface area contributed by atoms with Gasteiger partial charge in [0.1, 0.15) is 0 Å². The number of hydrogen-bond donors (Lipinski definition) is 2. The Bertz CT molecular complexity index is 858. The van der Waals surface area contributed by atoms with Crippen molar-refractivity contribution < 1.29 is 8.42 Å². The van der Waals surface area contributed by atoms with Crippen LogP contribution in [0, 0.1) is 5.92 Å². The van der Waals surface area contributed by atoms with Gasteiger partial charge in [0.15, 0.2) is 9.84 Å². The van der Waals surface area contributed by atoms with Gasteiger partial charge in [0.2, 0.25) is 0 Å². The Morgan fingerprint density at radius 2 is 1.93 bits per heavy atom. The molecule has 28 heavy (non-hydrogen) atoms. The molecule has 2 fully saturated rings. The summed E-state index contributed by atoms with van der Waals surface area (Å²) >= 11 is 0. The first kappa shape index (κ1) is 19.5. The van der Waals surface area contributed by atoms with Crippen molar-refractivity contribution in [3.8, 4) is 0 Å². The topological polar surface area (TPSA) is 61.4 Å². The second-order valence-corrected chi connectivity index (χ2v) is 10.5. The highest BCUT2D eigenvalue weighted by molar-refractivity contribution is 7.91. The standard InChI is InChI=1S/C22H31N3O2S/c1-23-22-15-19(8-9-21(22)24-16-17-4-2-5-17)18-6-3-7-20(14-18)25-10-12-28(26,27)13-11-25/h3,6-9,15,17,20,23-24H,2,4-5,10-14,16H2,1H3. The summed E-state index contributed by atoms with van der Waals surface area (Å²) in [5.74, 6) is 1.38. The third kappa shape index (κ3) is 4.44. The monoisotopic (exact) mass is 401 g/mol. The summed E-state index contributed by atoms with van der Waals surface area (Å²) in [6, 6.07) is 6.89. The van der Waals surface area contributed by atoms with Gasteiger partial charge in [-0.2, -0.15) is 0 Å². The molecule has 1 aromatic carbocycles. The molecule has 3 aliphatic rings. The van der Waals surface area contributed by atoms with Gasteiger partial charge in [-0.25, -0.2) is 8.42 Å². The van der Waals surface area contributed by atoms with Crippen molar-refractivity contribution in [2.45, 2.75) is 31.7 Å². The quantitative estimate of drug-likeness (QED) is 0.765. The Morgan fingerprint density at radius 1 is 1.14 bits per heavy atom. The van der Waals surface area contributed by atoms with Crippen LogP contribution in [-0.2, 0) is 9.84 Å². The highest BCUT2D eigenvalue weighted by atomic mass is 32.2. The van der Waals surface area contributed by atoms with Crippen LogP contribution in [0.3, 0.4) is 0 Å². The summed E-state index contributed by atoms with van der Waals surface area (Å²) in [6.07, 6.45) is 11.5. The second-order valence-electron chi connectivity index (χ2n) is 8.22. The number of hydrogen-bond acceptors (Lipinski definition) is 5. The Morgan fingerprint density at radius 3 is 2.61 bits per heavy atom. The largest absolute Gasteiger partial charge is 0.386 e. The summed E-state index contributed by atoms with van der Waals surface area (Å²) in [5, 5.41) is 6.94. The average Bonchev–Trinajstić information content (AvgIpc) is 2.67. The number of anilines is 2. The van der Waals surface area contributed by atoms with Crippen LogP contribution in [0.4, 0.5) is 11.4 Å². The van der Waals surface area contributed by atoms with Crippen molar-refractivity contribution in [1.29, 1.82) is 0 Å². The fourth-order valence-corrected chi connectivity index (χ4v) is 5.47. The molecular formula is C22H31N3O2S. The molecule has 2 aliphatic carbocycles. The molecule has 0 spiro atoms. The van der Waals surface area contributed by atoms with Crippen LogP contribution in [0.25, 0.3) is 5.57 Å². The first-order valence-corrected chi connectivity index (χ1v) is 12.2. The van der Waals surface area contributed by atoms with E-state index in [1.807, 2.05) is 7.05 Å². The molecule has 1 heterocycles. The lowest BCUT2D eigenvalue weighted by Crippen LogP contribution is -2.45. The minimum absolute atomic E-state index is 0.279. The third-order valence-electron chi connectivity index (χ3n) is 6.37. The predicted molar refractivity (Wildman–Crippen MR) is 118 cm³/mol. The van der Waals surface area contributed by atoms with Crippen LogP contribution < -0.4 is 10.6 Å². The fourth-order valence-electron chi connectivity index (χ4n) is 4.24. The van der Waals surface area contributed by atoms with E-state index in [0.717, 1.165) is 24.6 Å². The molecule has 2 N–H and O–H groups in total. The SMILES string of the molecule is CNc1cc(C2=CC=CC(N3CCS(=O)(=O)CC3)C2)ccc1NCC1CCC1. The zero-order valence-electron chi connectivity index (χ0n) is 16.7. The molecular weight excluding hydrogens is 370 g/mol. The maximum atomic E-state index is 11.7. The Kier molecular flexibility index (Phi) is 5.78. The molecule has 152 valence electrons. The normalized spacial score (nSPS) is 25.0. The molecule has 0 amide bonds. The number of nitrogens with one attached hydrogen (secondary N) is 2. The van der Waals surface area contributed by atoms with Crippen LogP contribution in [0.15, 0.2) is 36.4 Å². The first-order valence-electron chi connectivity index (χ1n) is 10.4. The lowest BCUT2D eigenvalue weighted by atomic mass is 9.85. The summed E-state index contributed by atoms with van der Waals surface area (Å²) in [4.78, 5) is 2.30. The lowest BCUT2D eigenvalue weighted by molar-refractivity contribution is 0.250. The van der Waals surface area contributed by atoms with Gasteiger partial charge in [-0.3, -0.25) is 4.90 Å². The van der Waals surface area contributed by atoms with Crippen molar-refractivity contribution in [3.63, 3.8) is 0 Å². The van der Waals surface area contributed by atoms with Crippen LogP contribution in [0.5, 0.6) is 0 Å². The molecule has 0 aromatic heterocycles. The van der Waals surface area contributed by atoms with E-state index in [4.69, 9.17) is 0 Å². The molecule has 5 nitrogen and oxygen atoms in total. The van der Waals surface area contributed by atoms with Gasteiger partial charge in [0, 0.05) is 32.7 Å². The van der Waals surface area contributed by atoms with E-state index in [0.29, 0.717) is 13.1 Å². The first-order chi connectivity index (χ1) is 13.5. The zero-order valence-corrected chi connectivity index (χ0v) is 17.5. The van der Waals surface area contributed by atoms with Crippen LogP contribution in [0.2, 0.25) is 0 Å². The Balaban J connectivity index is 1.43. The molecule has 6 heteroatoms. The average molecular weight is 402 g/mol. The van der Waals surface area contributed by atoms with Gasteiger partial charge in [0.05, 0.1) is 22.9 Å². The molecule has 1 aliphatic heterocycles. The van der Waals surface area contributed by atoms with E-state index >= 15 is 0 Å². The van der Waals surface area contributed by atoms with Gasteiger partial charge in [-0.05, 0) is 48.4 Å². The van der Waals surface area contributed by atoms with E-state index in [1.165, 1.54) is 36.1 Å². The Labute approximate surface area is 168 Å². The van der Waals surface area contributed by atoms with Crippen molar-refractivity contribution in [3.05, 3.63) is 42.0 Å². The van der Waals surface area contributed by atoms with Crippen molar-refractivity contribution in [1.82, 2.24) is 4.90 Å². The van der Waals surface area contributed by atoms with Gasteiger partial charge >= 0.3 is 0 Å². The van der Waals surface area contributed by atoms with Crippen molar-refractivity contribution in [2.24, 2.45) is 5.92 Å². The number of rotatable bonds is 6. The zero-order chi connectivity index (χ0) is 19.6. The van der Waals surface area contributed by atoms with Crippen molar-refractivity contribution in [2.75, 3.05) is 48.8 Å². The van der Waals surface area contributed by atoms with Crippen LogP contribution >= 0.6 is 0 Å². The van der Waals surface area contributed by atoms with Crippen molar-refractivity contribution >= 4 is 26.8 Å². The second kappa shape index (κ2) is 8.29. The van der Waals surface area contributed by atoms with E-state index in [1.54, 1.807) is 0 Å². The van der Waals surface area contributed by atoms with Crippen LogP contribution in [0.1, 0.15) is 31.2 Å². The summed E-state index contributed by atoms with van der Waals surface area (Å²) in [7, 11) is -0.867. The third-order valence-corrected chi connectivity index (χ3v) is 7.98. The molecule has 0 radical (unpaired) electrons. The predicted octanol–water partition coefficient (Wildman–Crippen LogP) is 3.38. The van der Waals surface area contributed by atoms with E-state index in [2.05, 4.69) is 52.0 Å². The molecule has 1 saturated heterocycles. The highest BCUT2D eigenvalue weighted by Gasteiger charge is 2.27.